The molecule has 1 aromatic carbocycles. The molecule has 0 bridgehead atoms. The lowest BCUT2D eigenvalue weighted by molar-refractivity contribution is 0.172. The summed E-state index contributed by atoms with van der Waals surface area (Å²) in [6, 6.07) is 16.1. The van der Waals surface area contributed by atoms with Crippen LogP contribution in [0.1, 0.15) is 49.1 Å². The van der Waals surface area contributed by atoms with E-state index in [1.165, 1.54) is 36.1 Å². The number of thiophene rings is 1. The highest BCUT2D eigenvalue weighted by Crippen LogP contribution is 2.52. The van der Waals surface area contributed by atoms with Crippen LogP contribution in [0.5, 0.6) is 0 Å². The highest BCUT2D eigenvalue weighted by Gasteiger charge is 2.46. The monoisotopic (exact) mass is 285 g/mol. The van der Waals surface area contributed by atoms with E-state index in [2.05, 4.69) is 60.1 Å². The Morgan fingerprint density at radius 2 is 1.95 bits per heavy atom. The summed E-state index contributed by atoms with van der Waals surface area (Å²) in [7, 11) is 0. The van der Waals surface area contributed by atoms with Crippen LogP contribution >= 0.6 is 11.3 Å². The number of benzene rings is 1. The molecule has 0 amide bonds. The van der Waals surface area contributed by atoms with Crippen molar-refractivity contribution in [2.75, 3.05) is 6.54 Å². The Labute approximate surface area is 126 Å². The van der Waals surface area contributed by atoms with E-state index in [0.717, 1.165) is 6.54 Å². The maximum atomic E-state index is 3.82. The van der Waals surface area contributed by atoms with Crippen LogP contribution in [-0.2, 0) is 5.41 Å². The van der Waals surface area contributed by atoms with Gasteiger partial charge in [-0.2, -0.15) is 0 Å². The van der Waals surface area contributed by atoms with Crippen molar-refractivity contribution < 1.29 is 0 Å². The zero-order chi connectivity index (χ0) is 13.8. The summed E-state index contributed by atoms with van der Waals surface area (Å²) in [5.41, 5.74) is 1.81. The average Bonchev–Trinajstić information content (AvgIpc) is 2.96. The Kier molecular flexibility index (Phi) is 4.23. The lowest BCUT2D eigenvalue weighted by atomic mass is 9.59. The van der Waals surface area contributed by atoms with Crippen LogP contribution in [0.3, 0.4) is 0 Å². The van der Waals surface area contributed by atoms with Crippen LogP contribution in [0.25, 0.3) is 0 Å². The molecule has 1 saturated carbocycles. The smallest absolute Gasteiger partial charge is 0.0512 e. The van der Waals surface area contributed by atoms with Gasteiger partial charge in [-0.3, -0.25) is 0 Å². The van der Waals surface area contributed by atoms with Crippen molar-refractivity contribution in [2.24, 2.45) is 0 Å². The van der Waals surface area contributed by atoms with Crippen LogP contribution in [0, 0.1) is 0 Å². The van der Waals surface area contributed by atoms with Gasteiger partial charge in [0.15, 0.2) is 0 Å². The van der Waals surface area contributed by atoms with Crippen molar-refractivity contribution in [2.45, 2.75) is 44.1 Å². The zero-order valence-electron chi connectivity index (χ0n) is 12.1. The first-order valence-corrected chi connectivity index (χ1v) is 8.57. The predicted octanol–water partition coefficient (Wildman–Crippen LogP) is 4.91. The summed E-state index contributed by atoms with van der Waals surface area (Å²) in [5.74, 6) is 0. The Morgan fingerprint density at radius 3 is 2.50 bits per heavy atom. The first-order valence-electron chi connectivity index (χ1n) is 7.69. The molecule has 0 spiro atoms. The van der Waals surface area contributed by atoms with E-state index >= 15 is 0 Å². The molecule has 2 aromatic rings. The third kappa shape index (κ3) is 2.43. The van der Waals surface area contributed by atoms with Gasteiger partial charge < -0.3 is 5.32 Å². The Balaban J connectivity index is 1.95. The van der Waals surface area contributed by atoms with Gasteiger partial charge in [-0.1, -0.05) is 49.7 Å². The van der Waals surface area contributed by atoms with Crippen molar-refractivity contribution in [3.8, 4) is 0 Å². The van der Waals surface area contributed by atoms with Gasteiger partial charge >= 0.3 is 0 Å². The average molecular weight is 285 g/mol. The van der Waals surface area contributed by atoms with Crippen LogP contribution in [-0.4, -0.2) is 6.54 Å². The Morgan fingerprint density at radius 1 is 1.15 bits per heavy atom. The van der Waals surface area contributed by atoms with Crippen molar-refractivity contribution in [3.63, 3.8) is 0 Å². The van der Waals surface area contributed by atoms with Gasteiger partial charge in [-0.15, -0.1) is 11.3 Å². The molecule has 0 aliphatic heterocycles. The molecule has 1 atom stereocenters. The van der Waals surface area contributed by atoms with Crippen LogP contribution in [0.2, 0.25) is 0 Å². The van der Waals surface area contributed by atoms with E-state index in [9.17, 15) is 0 Å². The molecule has 1 nitrogen and oxygen atoms in total. The molecule has 1 unspecified atom stereocenters. The number of hydrogen-bond acceptors (Lipinski definition) is 2. The zero-order valence-corrected chi connectivity index (χ0v) is 13.0. The molecule has 1 heterocycles. The molecular weight excluding hydrogens is 262 g/mol. The number of hydrogen-bond donors (Lipinski definition) is 1. The summed E-state index contributed by atoms with van der Waals surface area (Å²) in [4.78, 5) is 1.49. The van der Waals surface area contributed by atoms with Gasteiger partial charge in [0.25, 0.3) is 0 Å². The first-order chi connectivity index (χ1) is 9.87. The van der Waals surface area contributed by atoms with Crippen molar-refractivity contribution in [1.82, 2.24) is 5.32 Å². The number of rotatable bonds is 6. The fourth-order valence-electron chi connectivity index (χ4n) is 3.38. The largest absolute Gasteiger partial charge is 0.309 e. The SMILES string of the molecule is CCCNC(c1cccs1)C1(c2ccccc2)CCC1. The summed E-state index contributed by atoms with van der Waals surface area (Å²) >= 11 is 1.89. The summed E-state index contributed by atoms with van der Waals surface area (Å²) in [5, 5.41) is 6.03. The summed E-state index contributed by atoms with van der Waals surface area (Å²) < 4.78 is 0. The second kappa shape index (κ2) is 6.11. The Bertz CT molecular complexity index is 514. The van der Waals surface area contributed by atoms with E-state index in [1.807, 2.05) is 11.3 Å². The lowest BCUT2D eigenvalue weighted by Gasteiger charge is -2.48. The van der Waals surface area contributed by atoms with Crippen LogP contribution in [0.4, 0.5) is 0 Å². The highest BCUT2D eigenvalue weighted by molar-refractivity contribution is 7.10. The normalized spacial score (nSPS) is 18.4. The highest BCUT2D eigenvalue weighted by atomic mass is 32.1. The standard InChI is InChI=1S/C18H23NS/c1-2-13-19-17(16-10-6-14-20-16)18(11-7-12-18)15-8-4-3-5-9-15/h3-6,8-10,14,17,19H,2,7,11-13H2,1H3. The van der Waals surface area contributed by atoms with E-state index in [-0.39, 0.29) is 0 Å². The third-order valence-electron chi connectivity index (χ3n) is 4.57. The molecule has 0 saturated heterocycles. The van der Waals surface area contributed by atoms with Crippen molar-refractivity contribution in [1.29, 1.82) is 0 Å². The third-order valence-corrected chi connectivity index (χ3v) is 5.51. The van der Waals surface area contributed by atoms with Crippen molar-refractivity contribution in [3.05, 3.63) is 58.3 Å². The number of nitrogens with one attached hydrogen (secondary N) is 1. The van der Waals surface area contributed by atoms with E-state index < -0.39 is 0 Å². The summed E-state index contributed by atoms with van der Waals surface area (Å²) in [6.07, 6.45) is 5.14. The van der Waals surface area contributed by atoms with E-state index in [1.54, 1.807) is 0 Å². The molecule has 0 radical (unpaired) electrons. The van der Waals surface area contributed by atoms with E-state index in [4.69, 9.17) is 0 Å². The molecule has 1 N–H and O–H groups in total. The minimum Gasteiger partial charge on any atom is -0.309 e. The fourth-order valence-corrected chi connectivity index (χ4v) is 4.30. The van der Waals surface area contributed by atoms with Gasteiger partial charge in [0.1, 0.15) is 0 Å². The quantitative estimate of drug-likeness (QED) is 0.795. The van der Waals surface area contributed by atoms with Gasteiger partial charge in [0.05, 0.1) is 6.04 Å². The minimum absolute atomic E-state index is 0.307. The molecule has 20 heavy (non-hydrogen) atoms. The second-order valence-corrected chi connectivity index (χ2v) is 6.76. The molecule has 1 aliphatic rings. The van der Waals surface area contributed by atoms with Gasteiger partial charge in [0, 0.05) is 10.3 Å². The second-order valence-electron chi connectivity index (χ2n) is 5.78. The molecule has 2 heteroatoms. The predicted molar refractivity (Wildman–Crippen MR) is 87.3 cm³/mol. The molecule has 1 fully saturated rings. The van der Waals surface area contributed by atoms with Gasteiger partial charge in [-0.25, -0.2) is 0 Å². The Hall–Kier alpha value is -1.12. The lowest BCUT2D eigenvalue weighted by Crippen LogP contribution is -2.46. The minimum atomic E-state index is 0.307. The molecular formula is C18H23NS. The topological polar surface area (TPSA) is 12.0 Å². The molecule has 1 aliphatic carbocycles. The van der Waals surface area contributed by atoms with Gasteiger partial charge in [0.2, 0.25) is 0 Å². The first kappa shape index (κ1) is 13.8. The van der Waals surface area contributed by atoms with E-state index in [0.29, 0.717) is 11.5 Å². The maximum Gasteiger partial charge on any atom is 0.0512 e. The fraction of sp³-hybridized carbons (Fsp3) is 0.444. The molecule has 106 valence electrons. The maximum absolute atomic E-state index is 3.82. The van der Waals surface area contributed by atoms with Crippen LogP contribution < -0.4 is 5.32 Å². The molecule has 1 aromatic heterocycles. The van der Waals surface area contributed by atoms with Crippen LogP contribution in [0.15, 0.2) is 47.8 Å². The molecule has 3 rings (SSSR count). The van der Waals surface area contributed by atoms with Crippen molar-refractivity contribution >= 4 is 11.3 Å². The summed E-state index contributed by atoms with van der Waals surface area (Å²) in [6.45, 7) is 3.34. The van der Waals surface area contributed by atoms with Gasteiger partial charge in [-0.05, 0) is 42.8 Å².